The van der Waals surface area contributed by atoms with Gasteiger partial charge in [0.05, 0.1) is 5.69 Å². The number of thioether (sulfide) groups is 1. The third-order valence-electron chi connectivity index (χ3n) is 3.45. The molecule has 0 saturated heterocycles. The Labute approximate surface area is 134 Å². The number of amides is 1. The van der Waals surface area contributed by atoms with E-state index in [1.165, 1.54) is 5.39 Å². The summed E-state index contributed by atoms with van der Waals surface area (Å²) in [6.07, 6.45) is 5.93. The summed E-state index contributed by atoms with van der Waals surface area (Å²) in [6.45, 7) is 0.299. The van der Waals surface area contributed by atoms with Crippen LogP contribution in [-0.2, 0) is 11.3 Å². The summed E-state index contributed by atoms with van der Waals surface area (Å²) in [5.41, 5.74) is 0.862. The van der Waals surface area contributed by atoms with Crippen molar-refractivity contribution in [2.75, 3.05) is 11.6 Å². The van der Waals surface area contributed by atoms with E-state index in [4.69, 9.17) is 0 Å². The van der Waals surface area contributed by atoms with Crippen molar-refractivity contribution in [3.63, 3.8) is 0 Å². The summed E-state index contributed by atoms with van der Waals surface area (Å²) in [5.74, 6) is -0.0261. The normalized spacial score (nSPS) is 10.6. The zero-order chi connectivity index (χ0) is 15.4. The summed E-state index contributed by atoms with van der Waals surface area (Å²) in [5, 5.41) is 5.28. The van der Waals surface area contributed by atoms with Crippen LogP contribution >= 0.6 is 11.8 Å². The van der Waals surface area contributed by atoms with E-state index in [9.17, 15) is 4.79 Å². The second-order valence-corrected chi connectivity index (χ2v) is 5.84. The molecule has 110 valence electrons. The van der Waals surface area contributed by atoms with E-state index in [-0.39, 0.29) is 5.91 Å². The third kappa shape index (κ3) is 3.28. The zero-order valence-electron chi connectivity index (χ0n) is 12.3. The first-order valence-electron chi connectivity index (χ1n) is 7.07. The van der Waals surface area contributed by atoms with Gasteiger partial charge in [-0.05, 0) is 29.8 Å². The number of anilines is 1. The summed E-state index contributed by atoms with van der Waals surface area (Å²) < 4.78 is 1.90. The molecule has 3 rings (SSSR count). The first-order valence-corrected chi connectivity index (χ1v) is 8.29. The molecular weight excluding hydrogens is 292 g/mol. The number of hydrogen-bond acceptors (Lipinski definition) is 2. The lowest BCUT2D eigenvalue weighted by molar-refractivity contribution is -0.682. The minimum absolute atomic E-state index is 0.0261. The van der Waals surface area contributed by atoms with Gasteiger partial charge in [-0.1, -0.05) is 30.3 Å². The number of benzene rings is 2. The maximum atomic E-state index is 12.2. The van der Waals surface area contributed by atoms with Gasteiger partial charge in [0.25, 0.3) is 5.91 Å². The van der Waals surface area contributed by atoms with Crippen LogP contribution in [0.15, 0.2) is 71.9 Å². The van der Waals surface area contributed by atoms with E-state index in [1.807, 2.05) is 71.7 Å². The lowest BCUT2D eigenvalue weighted by atomic mass is 10.2. The minimum Gasteiger partial charge on any atom is -0.320 e. The molecule has 0 radical (unpaired) electrons. The molecule has 0 bridgehead atoms. The van der Waals surface area contributed by atoms with E-state index in [0.29, 0.717) is 6.54 Å². The van der Waals surface area contributed by atoms with Crippen molar-refractivity contribution >= 4 is 34.1 Å². The van der Waals surface area contributed by atoms with Crippen LogP contribution in [0.25, 0.3) is 10.8 Å². The van der Waals surface area contributed by atoms with Crippen LogP contribution in [0.3, 0.4) is 0 Å². The Morgan fingerprint density at radius 3 is 2.59 bits per heavy atom. The molecule has 1 amide bonds. The monoisotopic (exact) mass is 309 g/mol. The van der Waals surface area contributed by atoms with Gasteiger partial charge in [0.2, 0.25) is 6.54 Å². The van der Waals surface area contributed by atoms with Crippen LogP contribution in [-0.4, -0.2) is 12.2 Å². The highest BCUT2D eigenvalue weighted by Crippen LogP contribution is 2.24. The molecule has 3 nitrogen and oxygen atoms in total. The first-order chi connectivity index (χ1) is 10.8. The highest BCUT2D eigenvalue weighted by molar-refractivity contribution is 7.98. The fourth-order valence-electron chi connectivity index (χ4n) is 2.38. The van der Waals surface area contributed by atoms with Gasteiger partial charge in [0, 0.05) is 16.3 Å². The minimum atomic E-state index is -0.0261. The molecule has 0 atom stereocenters. The second-order valence-electron chi connectivity index (χ2n) is 4.99. The number of carbonyl (C=O) groups is 1. The Morgan fingerprint density at radius 2 is 1.77 bits per heavy atom. The Bertz CT molecular complexity index is 817. The second kappa shape index (κ2) is 6.62. The van der Waals surface area contributed by atoms with Crippen LogP contribution < -0.4 is 9.88 Å². The molecule has 0 unspecified atom stereocenters. The van der Waals surface area contributed by atoms with E-state index in [0.717, 1.165) is 16.0 Å². The molecule has 2 aromatic carbocycles. The first kappa shape index (κ1) is 14.6. The van der Waals surface area contributed by atoms with E-state index in [2.05, 4.69) is 11.4 Å². The number of nitrogens with zero attached hydrogens (tertiary/aromatic N) is 1. The molecule has 22 heavy (non-hydrogen) atoms. The fourth-order valence-corrected chi connectivity index (χ4v) is 2.93. The molecule has 1 heterocycles. The van der Waals surface area contributed by atoms with Crippen LogP contribution in [0.5, 0.6) is 0 Å². The van der Waals surface area contributed by atoms with Gasteiger partial charge in [-0.2, -0.15) is 4.57 Å². The van der Waals surface area contributed by atoms with Crippen molar-refractivity contribution in [3.8, 4) is 0 Å². The van der Waals surface area contributed by atoms with Gasteiger partial charge in [-0.15, -0.1) is 11.8 Å². The lowest BCUT2D eigenvalue weighted by Gasteiger charge is -2.07. The van der Waals surface area contributed by atoms with Crippen molar-refractivity contribution in [3.05, 3.63) is 67.0 Å². The number of carbonyl (C=O) groups excluding carboxylic acids is 1. The number of nitrogens with one attached hydrogen (secondary N) is 1. The topological polar surface area (TPSA) is 33.0 Å². The average molecular weight is 309 g/mol. The highest BCUT2D eigenvalue weighted by atomic mass is 32.2. The molecule has 0 fully saturated rings. The molecular formula is C18H17N2OS+. The maximum absolute atomic E-state index is 12.2. The predicted molar refractivity (Wildman–Crippen MR) is 91.0 cm³/mol. The van der Waals surface area contributed by atoms with Gasteiger partial charge in [-0.25, -0.2) is 0 Å². The Kier molecular flexibility index (Phi) is 4.39. The highest BCUT2D eigenvalue weighted by Gasteiger charge is 2.12. The van der Waals surface area contributed by atoms with E-state index >= 15 is 0 Å². The lowest BCUT2D eigenvalue weighted by Crippen LogP contribution is -2.39. The summed E-state index contributed by atoms with van der Waals surface area (Å²) in [6, 6.07) is 18.0. The molecule has 0 aliphatic carbocycles. The van der Waals surface area contributed by atoms with Gasteiger partial charge in [0.1, 0.15) is 0 Å². The molecule has 0 aliphatic rings. The van der Waals surface area contributed by atoms with Gasteiger partial charge < -0.3 is 5.32 Å². The standard InChI is InChI=1S/C18H16N2OS/c1-22-17-9-5-4-8-16(17)19-18(21)13-20-11-10-14-6-2-3-7-15(14)12-20/h2-12H,13H2,1H3/p+1. The Hall–Kier alpha value is -2.33. The Balaban J connectivity index is 1.75. The predicted octanol–water partition coefficient (Wildman–Crippen LogP) is 3.49. The quantitative estimate of drug-likeness (QED) is 0.591. The van der Waals surface area contributed by atoms with Crippen molar-refractivity contribution < 1.29 is 9.36 Å². The molecule has 1 N–H and O–H groups in total. The van der Waals surface area contributed by atoms with Gasteiger partial charge in [0.15, 0.2) is 12.4 Å². The van der Waals surface area contributed by atoms with Crippen molar-refractivity contribution in [2.45, 2.75) is 11.4 Å². The van der Waals surface area contributed by atoms with E-state index in [1.54, 1.807) is 11.8 Å². The molecule has 1 aromatic heterocycles. The van der Waals surface area contributed by atoms with Crippen molar-refractivity contribution in [2.24, 2.45) is 0 Å². The fraction of sp³-hybridized carbons (Fsp3) is 0.111. The molecule has 0 saturated carbocycles. The zero-order valence-corrected chi connectivity index (χ0v) is 13.1. The summed E-state index contributed by atoms with van der Waals surface area (Å²) in [7, 11) is 0. The van der Waals surface area contributed by atoms with Crippen LogP contribution in [0.2, 0.25) is 0 Å². The van der Waals surface area contributed by atoms with Crippen LogP contribution in [0.1, 0.15) is 0 Å². The number of pyridine rings is 1. The SMILES string of the molecule is CSc1ccccc1NC(=O)C[n+]1ccc2ccccc2c1. The number of aromatic nitrogens is 1. The van der Waals surface area contributed by atoms with Gasteiger partial charge in [-0.3, -0.25) is 4.79 Å². The molecule has 0 spiro atoms. The Morgan fingerprint density at radius 1 is 1.05 bits per heavy atom. The van der Waals surface area contributed by atoms with Crippen LogP contribution in [0.4, 0.5) is 5.69 Å². The number of fused-ring (bicyclic) bond motifs is 1. The number of para-hydroxylation sites is 1. The summed E-state index contributed by atoms with van der Waals surface area (Å²) in [4.78, 5) is 13.3. The number of rotatable bonds is 4. The largest absolute Gasteiger partial charge is 0.320 e. The molecule has 0 aliphatic heterocycles. The van der Waals surface area contributed by atoms with Crippen molar-refractivity contribution in [1.29, 1.82) is 0 Å². The summed E-state index contributed by atoms with van der Waals surface area (Å²) >= 11 is 1.62. The van der Waals surface area contributed by atoms with Gasteiger partial charge >= 0.3 is 0 Å². The van der Waals surface area contributed by atoms with Crippen LogP contribution in [0, 0.1) is 0 Å². The van der Waals surface area contributed by atoms with E-state index < -0.39 is 0 Å². The molecule has 4 heteroatoms. The number of hydrogen-bond donors (Lipinski definition) is 1. The third-order valence-corrected chi connectivity index (χ3v) is 4.25. The average Bonchev–Trinajstić information content (AvgIpc) is 2.55. The van der Waals surface area contributed by atoms with Crippen molar-refractivity contribution in [1.82, 2.24) is 0 Å². The smallest absolute Gasteiger partial charge is 0.290 e. The maximum Gasteiger partial charge on any atom is 0.290 e. The molecule has 3 aromatic rings.